The summed E-state index contributed by atoms with van der Waals surface area (Å²) in [5, 5.41) is 4.26. The number of pyridine rings is 1. The molecule has 1 unspecified atom stereocenters. The molecular weight excluding hydrogens is 434 g/mol. The molecule has 5 aromatic rings. The van der Waals surface area contributed by atoms with Gasteiger partial charge in [0.25, 0.3) is 0 Å². The highest BCUT2D eigenvalue weighted by Gasteiger charge is 2.29. The third-order valence-electron chi connectivity index (χ3n) is 6.48. The molecule has 0 radical (unpaired) electrons. The summed E-state index contributed by atoms with van der Waals surface area (Å²) in [7, 11) is 3.75. The van der Waals surface area contributed by atoms with Crippen molar-refractivity contribution in [2.75, 3.05) is 6.61 Å². The summed E-state index contributed by atoms with van der Waals surface area (Å²) in [6.07, 6.45) is 9.63. The molecule has 0 aliphatic carbocycles. The van der Waals surface area contributed by atoms with Crippen LogP contribution < -0.4 is 5.69 Å². The van der Waals surface area contributed by atoms with Crippen LogP contribution in [0.3, 0.4) is 0 Å². The average molecular weight is 460 g/mol. The number of rotatable bonds is 4. The average Bonchev–Trinajstić information content (AvgIpc) is 3.57. The van der Waals surface area contributed by atoms with Crippen molar-refractivity contribution in [1.82, 2.24) is 33.9 Å². The van der Waals surface area contributed by atoms with E-state index in [9.17, 15) is 4.79 Å². The van der Waals surface area contributed by atoms with E-state index in [0.717, 1.165) is 30.5 Å². The smallest absolute Gasteiger partial charge is 0.349 e. The molecule has 10 nitrogen and oxygen atoms in total. The van der Waals surface area contributed by atoms with Gasteiger partial charge in [0.1, 0.15) is 22.4 Å². The van der Waals surface area contributed by atoms with E-state index in [4.69, 9.17) is 14.1 Å². The van der Waals surface area contributed by atoms with Crippen LogP contribution in [0, 0.1) is 0 Å². The van der Waals surface area contributed by atoms with E-state index in [-0.39, 0.29) is 17.8 Å². The summed E-state index contributed by atoms with van der Waals surface area (Å²) in [4.78, 5) is 27.3. The first-order valence-corrected chi connectivity index (χ1v) is 11.5. The van der Waals surface area contributed by atoms with Crippen molar-refractivity contribution in [3.05, 3.63) is 47.5 Å². The largest absolute Gasteiger partial charge is 0.450 e. The van der Waals surface area contributed by atoms with Crippen molar-refractivity contribution >= 4 is 22.2 Å². The Morgan fingerprint density at radius 2 is 2.03 bits per heavy atom. The molecule has 0 saturated carbocycles. The van der Waals surface area contributed by atoms with E-state index >= 15 is 0 Å². The Hall–Kier alpha value is -3.79. The lowest BCUT2D eigenvalue weighted by atomic mass is 10.0. The molecular formula is C24H25N7O3. The minimum atomic E-state index is -0.319. The summed E-state index contributed by atoms with van der Waals surface area (Å²) >= 11 is 0. The summed E-state index contributed by atoms with van der Waals surface area (Å²) in [5.74, 6) is 0. The number of nitrogens with zero attached hydrogens (tertiary/aromatic N) is 7. The first kappa shape index (κ1) is 20.8. The number of aromatic nitrogens is 7. The second-order valence-corrected chi connectivity index (χ2v) is 8.84. The highest BCUT2D eigenvalue weighted by molar-refractivity contribution is 6.05. The van der Waals surface area contributed by atoms with Crippen LogP contribution >= 0.6 is 0 Å². The quantitative estimate of drug-likeness (QED) is 0.405. The Morgan fingerprint density at radius 1 is 1.15 bits per heavy atom. The predicted octanol–water partition coefficient (Wildman–Crippen LogP) is 3.47. The number of hydrogen-bond donors (Lipinski definition) is 0. The highest BCUT2D eigenvalue weighted by Crippen LogP contribution is 2.37. The van der Waals surface area contributed by atoms with Gasteiger partial charge in [-0.2, -0.15) is 10.1 Å². The van der Waals surface area contributed by atoms with Crippen LogP contribution in [0.5, 0.6) is 0 Å². The fraction of sp³-hybridized carbons (Fsp3) is 0.375. The molecule has 34 heavy (non-hydrogen) atoms. The van der Waals surface area contributed by atoms with Gasteiger partial charge < -0.3 is 13.7 Å². The summed E-state index contributed by atoms with van der Waals surface area (Å²) < 4.78 is 17.5. The van der Waals surface area contributed by atoms with E-state index in [1.807, 2.05) is 43.2 Å². The monoisotopic (exact) mass is 459 g/mol. The Balaban J connectivity index is 1.65. The van der Waals surface area contributed by atoms with Crippen molar-refractivity contribution in [1.29, 1.82) is 0 Å². The van der Waals surface area contributed by atoms with Crippen molar-refractivity contribution in [3.8, 4) is 22.6 Å². The van der Waals surface area contributed by atoms with Crippen LogP contribution in [0.15, 0.2) is 46.3 Å². The van der Waals surface area contributed by atoms with Gasteiger partial charge in [-0.1, -0.05) is 6.92 Å². The van der Waals surface area contributed by atoms with Gasteiger partial charge >= 0.3 is 5.69 Å². The van der Waals surface area contributed by atoms with E-state index < -0.39 is 0 Å². The molecule has 1 fully saturated rings. The fourth-order valence-corrected chi connectivity index (χ4v) is 4.79. The lowest BCUT2D eigenvalue weighted by Crippen LogP contribution is -2.34. The SMILES string of the molecule is CC[C@H]1CC(n2c(=O)nc(-c3cnn(C)c3)c3oc4ccc(-c5cn(C)cn5)nc4c32)CCO1. The maximum Gasteiger partial charge on any atom is 0.349 e. The number of imidazole rings is 1. The lowest BCUT2D eigenvalue weighted by Gasteiger charge is -2.30. The van der Waals surface area contributed by atoms with Crippen LogP contribution in [0.2, 0.25) is 0 Å². The van der Waals surface area contributed by atoms with Gasteiger partial charge in [0.15, 0.2) is 11.2 Å². The Bertz CT molecular complexity index is 1570. The minimum absolute atomic E-state index is 0.0507. The number of fused-ring (bicyclic) bond motifs is 3. The van der Waals surface area contributed by atoms with Crippen molar-refractivity contribution in [2.24, 2.45) is 14.1 Å². The third-order valence-corrected chi connectivity index (χ3v) is 6.48. The molecule has 6 rings (SSSR count). The molecule has 1 aliphatic rings. The Labute approximate surface area is 194 Å². The number of aryl methyl sites for hydroxylation is 2. The zero-order valence-corrected chi connectivity index (χ0v) is 19.3. The second kappa shape index (κ2) is 7.91. The fourth-order valence-electron chi connectivity index (χ4n) is 4.79. The van der Waals surface area contributed by atoms with E-state index in [0.29, 0.717) is 40.2 Å². The zero-order chi connectivity index (χ0) is 23.4. The van der Waals surface area contributed by atoms with Gasteiger partial charge in [-0.3, -0.25) is 9.25 Å². The van der Waals surface area contributed by atoms with Gasteiger partial charge in [-0.05, 0) is 31.4 Å². The Morgan fingerprint density at radius 3 is 2.76 bits per heavy atom. The summed E-state index contributed by atoms with van der Waals surface area (Å²) in [5.41, 5.74) is 4.77. The molecule has 0 bridgehead atoms. The molecule has 174 valence electrons. The normalized spacial score (nSPS) is 18.8. The number of ether oxygens (including phenoxy) is 1. The molecule has 1 aliphatic heterocycles. The summed E-state index contributed by atoms with van der Waals surface area (Å²) in [6.45, 7) is 2.70. The van der Waals surface area contributed by atoms with Crippen molar-refractivity contribution < 1.29 is 9.15 Å². The lowest BCUT2D eigenvalue weighted by molar-refractivity contribution is -0.00710. The van der Waals surface area contributed by atoms with Crippen LogP contribution in [0.25, 0.3) is 44.8 Å². The van der Waals surface area contributed by atoms with Crippen LogP contribution in [0.4, 0.5) is 0 Å². The highest BCUT2D eigenvalue weighted by atomic mass is 16.5. The van der Waals surface area contributed by atoms with Gasteiger partial charge in [-0.25, -0.2) is 14.8 Å². The number of furan rings is 1. The third kappa shape index (κ3) is 3.33. The zero-order valence-electron chi connectivity index (χ0n) is 19.3. The molecule has 2 atom stereocenters. The van der Waals surface area contributed by atoms with Crippen LogP contribution in [-0.4, -0.2) is 46.6 Å². The number of hydrogen-bond acceptors (Lipinski definition) is 7. The van der Waals surface area contributed by atoms with E-state index in [1.54, 1.807) is 21.8 Å². The molecule has 0 spiro atoms. The van der Waals surface area contributed by atoms with Crippen molar-refractivity contribution in [2.45, 2.75) is 38.3 Å². The van der Waals surface area contributed by atoms with Gasteiger partial charge in [0.2, 0.25) is 0 Å². The van der Waals surface area contributed by atoms with Crippen LogP contribution in [0.1, 0.15) is 32.2 Å². The maximum atomic E-state index is 13.5. The first-order chi connectivity index (χ1) is 16.5. The topological polar surface area (TPSA) is 106 Å². The maximum absolute atomic E-state index is 13.5. The molecule has 1 saturated heterocycles. The minimum Gasteiger partial charge on any atom is -0.450 e. The van der Waals surface area contributed by atoms with Crippen LogP contribution in [-0.2, 0) is 18.8 Å². The first-order valence-electron chi connectivity index (χ1n) is 11.5. The Kier molecular flexibility index (Phi) is 4.84. The molecule has 0 amide bonds. The van der Waals surface area contributed by atoms with Crippen molar-refractivity contribution in [3.63, 3.8) is 0 Å². The van der Waals surface area contributed by atoms with Gasteiger partial charge in [-0.15, -0.1) is 0 Å². The molecule has 10 heteroatoms. The second-order valence-electron chi connectivity index (χ2n) is 8.84. The molecule has 0 N–H and O–H groups in total. The predicted molar refractivity (Wildman–Crippen MR) is 126 cm³/mol. The van der Waals surface area contributed by atoms with Gasteiger partial charge in [0.05, 0.1) is 24.3 Å². The standard InChI is InChI=1S/C24H25N7O3/c1-4-16-9-15(7-8-33-16)31-22-21-19(6-5-17(27-21)18-12-29(2)13-25-18)34-23(22)20(28-24(31)32)14-10-26-30(3)11-14/h5-6,10-13,15-16H,4,7-9H2,1-3H3/t15?,16-/m0/s1. The summed E-state index contributed by atoms with van der Waals surface area (Å²) in [6, 6.07) is 3.71. The van der Waals surface area contributed by atoms with E-state index in [1.165, 1.54) is 0 Å². The van der Waals surface area contributed by atoms with Gasteiger partial charge in [0, 0.05) is 44.7 Å². The van der Waals surface area contributed by atoms with E-state index in [2.05, 4.69) is 22.0 Å². The molecule has 0 aromatic carbocycles. The molecule has 5 aromatic heterocycles. The molecule has 6 heterocycles.